The van der Waals surface area contributed by atoms with E-state index in [2.05, 4.69) is 12.1 Å². The van der Waals surface area contributed by atoms with Gasteiger partial charge in [-0.05, 0) is 37.0 Å². The summed E-state index contributed by atoms with van der Waals surface area (Å²) in [6.45, 7) is 6.85. The van der Waals surface area contributed by atoms with Gasteiger partial charge in [-0.25, -0.2) is 0 Å². The monoisotopic (exact) mass is 228 g/mol. The Labute approximate surface area is 98.4 Å². The summed E-state index contributed by atoms with van der Waals surface area (Å²) in [5, 5.41) is 0.843. The van der Waals surface area contributed by atoms with Gasteiger partial charge >= 0.3 is 0 Å². The predicted octanol–water partition coefficient (Wildman–Crippen LogP) is 4.25. The molecule has 1 aromatic rings. The molecular formula is C13H21ClO. The van der Waals surface area contributed by atoms with E-state index in [0.29, 0.717) is 0 Å². The van der Waals surface area contributed by atoms with Gasteiger partial charge in [-0.3, -0.25) is 0 Å². The Morgan fingerprint density at radius 1 is 1.27 bits per heavy atom. The SMILES string of the molecule is CC.COCCCc1ccc(Cl)c(C)c1. The third-order valence-corrected chi connectivity index (χ3v) is 2.46. The lowest BCUT2D eigenvalue weighted by Gasteiger charge is -2.03. The molecule has 0 amide bonds. The van der Waals surface area contributed by atoms with Crippen molar-refractivity contribution in [2.75, 3.05) is 13.7 Å². The molecule has 0 spiro atoms. The second-order valence-electron chi connectivity index (χ2n) is 3.18. The summed E-state index contributed by atoms with van der Waals surface area (Å²) in [6, 6.07) is 6.17. The minimum absolute atomic E-state index is 0.821. The summed E-state index contributed by atoms with van der Waals surface area (Å²) in [4.78, 5) is 0. The molecule has 0 aliphatic rings. The first-order valence-electron chi connectivity index (χ1n) is 5.48. The van der Waals surface area contributed by atoms with Crippen molar-refractivity contribution >= 4 is 11.6 Å². The van der Waals surface area contributed by atoms with Crippen molar-refractivity contribution in [3.8, 4) is 0 Å². The summed E-state index contributed by atoms with van der Waals surface area (Å²) in [7, 11) is 1.73. The zero-order chi connectivity index (χ0) is 11.7. The largest absolute Gasteiger partial charge is 0.385 e. The normalized spacial score (nSPS) is 9.40. The fourth-order valence-electron chi connectivity index (χ4n) is 1.28. The molecule has 1 rings (SSSR count). The summed E-state index contributed by atoms with van der Waals surface area (Å²) >= 11 is 5.92. The molecule has 15 heavy (non-hydrogen) atoms. The molecule has 0 atom stereocenters. The molecule has 0 saturated carbocycles. The highest BCUT2D eigenvalue weighted by molar-refractivity contribution is 6.31. The van der Waals surface area contributed by atoms with Gasteiger partial charge in [-0.2, -0.15) is 0 Å². The lowest BCUT2D eigenvalue weighted by molar-refractivity contribution is 0.195. The third-order valence-electron chi connectivity index (χ3n) is 2.04. The van der Waals surface area contributed by atoms with E-state index in [9.17, 15) is 0 Å². The van der Waals surface area contributed by atoms with Gasteiger partial charge in [-0.1, -0.05) is 37.6 Å². The van der Waals surface area contributed by atoms with E-state index in [0.717, 1.165) is 30.0 Å². The summed E-state index contributed by atoms with van der Waals surface area (Å²) in [6.07, 6.45) is 2.13. The van der Waals surface area contributed by atoms with Crippen LogP contribution in [0.15, 0.2) is 18.2 Å². The van der Waals surface area contributed by atoms with E-state index in [1.54, 1.807) is 7.11 Å². The van der Waals surface area contributed by atoms with E-state index < -0.39 is 0 Å². The Balaban J connectivity index is 0.000000921. The third kappa shape index (κ3) is 5.81. The van der Waals surface area contributed by atoms with Crippen LogP contribution >= 0.6 is 11.6 Å². The summed E-state index contributed by atoms with van der Waals surface area (Å²) < 4.78 is 4.99. The Morgan fingerprint density at radius 3 is 2.47 bits per heavy atom. The molecule has 0 unspecified atom stereocenters. The lowest BCUT2D eigenvalue weighted by Crippen LogP contribution is -1.93. The van der Waals surface area contributed by atoms with Crippen LogP contribution in [0.2, 0.25) is 5.02 Å². The first kappa shape index (κ1) is 14.5. The predicted molar refractivity (Wildman–Crippen MR) is 67.7 cm³/mol. The van der Waals surface area contributed by atoms with Gasteiger partial charge in [0.2, 0.25) is 0 Å². The Morgan fingerprint density at radius 2 is 1.93 bits per heavy atom. The van der Waals surface area contributed by atoms with Crippen molar-refractivity contribution < 1.29 is 4.74 Å². The van der Waals surface area contributed by atoms with Gasteiger partial charge in [-0.15, -0.1) is 0 Å². The van der Waals surface area contributed by atoms with Crippen LogP contribution in [0.4, 0.5) is 0 Å². The molecule has 0 aliphatic heterocycles. The van der Waals surface area contributed by atoms with Crippen LogP contribution in [0.3, 0.4) is 0 Å². The molecule has 0 aliphatic carbocycles. The van der Waals surface area contributed by atoms with Crippen molar-refractivity contribution in [1.29, 1.82) is 0 Å². The first-order chi connectivity index (χ1) is 7.24. The van der Waals surface area contributed by atoms with Crippen LogP contribution in [0.5, 0.6) is 0 Å². The van der Waals surface area contributed by atoms with Gasteiger partial charge in [0.15, 0.2) is 0 Å². The minimum Gasteiger partial charge on any atom is -0.385 e. The standard InChI is InChI=1S/C11H15ClO.C2H6/c1-9-8-10(4-3-7-13-2)5-6-11(9)12;1-2/h5-6,8H,3-4,7H2,1-2H3;1-2H3. The van der Waals surface area contributed by atoms with Gasteiger partial charge in [0.25, 0.3) is 0 Å². The molecule has 2 heteroatoms. The van der Waals surface area contributed by atoms with Crippen LogP contribution in [0.25, 0.3) is 0 Å². The maximum absolute atomic E-state index is 5.92. The van der Waals surface area contributed by atoms with Crippen molar-refractivity contribution in [3.05, 3.63) is 34.3 Å². The number of benzene rings is 1. The number of ether oxygens (including phenoxy) is 1. The molecule has 0 aromatic heterocycles. The highest BCUT2D eigenvalue weighted by Crippen LogP contribution is 2.16. The highest BCUT2D eigenvalue weighted by atomic mass is 35.5. The number of hydrogen-bond donors (Lipinski definition) is 0. The number of hydrogen-bond acceptors (Lipinski definition) is 1. The molecule has 0 N–H and O–H groups in total. The van der Waals surface area contributed by atoms with Gasteiger partial charge < -0.3 is 4.74 Å². The molecule has 0 fully saturated rings. The Bertz CT molecular complexity index is 271. The molecule has 1 nitrogen and oxygen atoms in total. The summed E-state index contributed by atoms with van der Waals surface area (Å²) in [5.74, 6) is 0. The second kappa shape index (κ2) is 8.75. The first-order valence-corrected chi connectivity index (χ1v) is 5.86. The van der Waals surface area contributed by atoms with E-state index in [1.165, 1.54) is 5.56 Å². The molecule has 0 radical (unpaired) electrons. The Hall–Kier alpha value is -0.530. The van der Waals surface area contributed by atoms with Crippen LogP contribution in [0.1, 0.15) is 31.4 Å². The van der Waals surface area contributed by atoms with Crippen LogP contribution < -0.4 is 0 Å². The van der Waals surface area contributed by atoms with E-state index >= 15 is 0 Å². The van der Waals surface area contributed by atoms with Gasteiger partial charge in [0.05, 0.1) is 0 Å². The molecule has 0 bridgehead atoms. The highest BCUT2D eigenvalue weighted by Gasteiger charge is 1.97. The molecule has 0 saturated heterocycles. The second-order valence-corrected chi connectivity index (χ2v) is 3.59. The topological polar surface area (TPSA) is 9.23 Å². The number of methoxy groups -OCH3 is 1. The van der Waals surface area contributed by atoms with Crippen molar-refractivity contribution in [2.45, 2.75) is 33.6 Å². The molecular weight excluding hydrogens is 208 g/mol. The Kier molecular flexibility index (Phi) is 8.44. The maximum atomic E-state index is 5.92. The average molecular weight is 229 g/mol. The van der Waals surface area contributed by atoms with Crippen molar-refractivity contribution in [2.24, 2.45) is 0 Å². The number of aryl methyl sites for hydroxylation is 2. The lowest BCUT2D eigenvalue weighted by atomic mass is 10.1. The number of rotatable bonds is 4. The quantitative estimate of drug-likeness (QED) is 0.700. The number of halogens is 1. The van der Waals surface area contributed by atoms with Crippen molar-refractivity contribution in [3.63, 3.8) is 0 Å². The van der Waals surface area contributed by atoms with E-state index in [-0.39, 0.29) is 0 Å². The molecule has 86 valence electrons. The molecule has 0 heterocycles. The van der Waals surface area contributed by atoms with Crippen LogP contribution in [-0.2, 0) is 11.2 Å². The summed E-state index contributed by atoms with van der Waals surface area (Å²) in [5.41, 5.74) is 2.48. The zero-order valence-corrected chi connectivity index (χ0v) is 10.9. The molecule has 1 aromatic carbocycles. The zero-order valence-electron chi connectivity index (χ0n) is 10.1. The van der Waals surface area contributed by atoms with Crippen molar-refractivity contribution in [1.82, 2.24) is 0 Å². The van der Waals surface area contributed by atoms with E-state index in [1.807, 2.05) is 26.8 Å². The maximum Gasteiger partial charge on any atom is 0.0465 e. The fraction of sp³-hybridized carbons (Fsp3) is 0.538. The van der Waals surface area contributed by atoms with Gasteiger partial charge in [0.1, 0.15) is 0 Å². The van der Waals surface area contributed by atoms with Crippen LogP contribution in [-0.4, -0.2) is 13.7 Å². The van der Waals surface area contributed by atoms with Gasteiger partial charge in [0, 0.05) is 18.7 Å². The fourth-order valence-corrected chi connectivity index (χ4v) is 1.40. The minimum atomic E-state index is 0.821. The smallest absolute Gasteiger partial charge is 0.0465 e. The van der Waals surface area contributed by atoms with Crippen LogP contribution in [0, 0.1) is 6.92 Å². The average Bonchev–Trinajstić information content (AvgIpc) is 2.27. The van der Waals surface area contributed by atoms with E-state index in [4.69, 9.17) is 16.3 Å².